The summed E-state index contributed by atoms with van der Waals surface area (Å²) >= 11 is 1.04. The highest BCUT2D eigenvalue weighted by molar-refractivity contribution is 7.18. The van der Waals surface area contributed by atoms with Crippen LogP contribution in [0.4, 0.5) is 9.80 Å². The predicted octanol–water partition coefficient (Wildman–Crippen LogP) is 3.28. The molecule has 1 N–H and O–H groups in total. The number of carbonyl (C=O) groups excluding carboxylic acids is 3. The summed E-state index contributed by atoms with van der Waals surface area (Å²) in [7, 11) is 0. The van der Waals surface area contributed by atoms with Gasteiger partial charge in [-0.2, -0.15) is 0 Å². The van der Waals surface area contributed by atoms with Crippen molar-refractivity contribution in [3.8, 4) is 0 Å². The lowest BCUT2D eigenvalue weighted by atomic mass is 10.1. The van der Waals surface area contributed by atoms with E-state index >= 15 is 0 Å². The second-order valence-electron chi connectivity index (χ2n) is 5.97. The number of amides is 2. The molecule has 0 spiro atoms. The number of carbonyl (C=O) groups is 3. The first-order valence-electron chi connectivity index (χ1n) is 8.42. The van der Waals surface area contributed by atoms with Crippen molar-refractivity contribution in [3.05, 3.63) is 16.0 Å². The second kappa shape index (κ2) is 8.33. The third-order valence-corrected chi connectivity index (χ3v) is 5.21. The van der Waals surface area contributed by atoms with E-state index in [4.69, 9.17) is 9.47 Å². The standard InChI is InChI=1S/C17H24N2O5S/c1-5-23-15(20)12-11(4)13(16(21)24-6-2)25-14(12)18-17(22)19-8-7-10(3)9-19/h10H,5-9H2,1-4H3,(H,18,22)/t10-/m0/s1. The highest BCUT2D eigenvalue weighted by Gasteiger charge is 2.29. The summed E-state index contributed by atoms with van der Waals surface area (Å²) in [6.07, 6.45) is 0.954. The molecule has 2 heterocycles. The SMILES string of the molecule is CCOC(=O)c1sc(NC(=O)N2CC[C@H](C)C2)c(C(=O)OCC)c1C. The van der Waals surface area contributed by atoms with Gasteiger partial charge in [-0.3, -0.25) is 5.32 Å². The first-order valence-corrected chi connectivity index (χ1v) is 9.24. The number of urea groups is 1. The average molecular weight is 368 g/mol. The third-order valence-electron chi connectivity index (χ3n) is 4.02. The van der Waals surface area contributed by atoms with E-state index in [1.165, 1.54) is 0 Å². The maximum absolute atomic E-state index is 12.5. The molecule has 7 nitrogen and oxygen atoms in total. The largest absolute Gasteiger partial charge is 0.462 e. The molecule has 0 saturated carbocycles. The van der Waals surface area contributed by atoms with Crippen molar-refractivity contribution in [1.29, 1.82) is 0 Å². The van der Waals surface area contributed by atoms with E-state index < -0.39 is 11.9 Å². The van der Waals surface area contributed by atoms with Gasteiger partial charge in [-0.15, -0.1) is 11.3 Å². The monoisotopic (exact) mass is 368 g/mol. The van der Waals surface area contributed by atoms with Crippen molar-refractivity contribution in [2.45, 2.75) is 34.1 Å². The number of likely N-dealkylation sites (tertiary alicyclic amines) is 1. The molecule has 0 unspecified atom stereocenters. The zero-order chi connectivity index (χ0) is 18.6. The molecule has 1 saturated heterocycles. The quantitative estimate of drug-likeness (QED) is 0.806. The number of esters is 2. The van der Waals surface area contributed by atoms with Crippen LogP contribution < -0.4 is 5.32 Å². The van der Waals surface area contributed by atoms with Crippen molar-refractivity contribution in [2.75, 3.05) is 31.6 Å². The summed E-state index contributed by atoms with van der Waals surface area (Å²) in [4.78, 5) is 38.9. The molecule has 1 aliphatic heterocycles. The third kappa shape index (κ3) is 4.31. The smallest absolute Gasteiger partial charge is 0.348 e. The molecule has 2 amide bonds. The summed E-state index contributed by atoms with van der Waals surface area (Å²) in [5.41, 5.74) is 0.683. The van der Waals surface area contributed by atoms with Gasteiger partial charge < -0.3 is 14.4 Å². The van der Waals surface area contributed by atoms with Crippen LogP contribution in [0.5, 0.6) is 0 Å². The van der Waals surface area contributed by atoms with Gasteiger partial charge in [-0.05, 0) is 38.7 Å². The molecule has 8 heteroatoms. The Morgan fingerprint density at radius 1 is 1.20 bits per heavy atom. The average Bonchev–Trinajstić information content (AvgIpc) is 3.12. The van der Waals surface area contributed by atoms with Gasteiger partial charge in [0.15, 0.2) is 0 Å². The van der Waals surface area contributed by atoms with Crippen LogP contribution in [0.25, 0.3) is 0 Å². The number of hydrogen-bond acceptors (Lipinski definition) is 6. The maximum Gasteiger partial charge on any atom is 0.348 e. The molecular weight excluding hydrogens is 344 g/mol. The van der Waals surface area contributed by atoms with Crippen LogP contribution in [0.1, 0.15) is 52.8 Å². The Labute approximate surface area is 151 Å². The summed E-state index contributed by atoms with van der Waals surface area (Å²) in [5.74, 6) is -0.613. The van der Waals surface area contributed by atoms with Gasteiger partial charge in [-0.25, -0.2) is 14.4 Å². The Morgan fingerprint density at radius 3 is 2.40 bits per heavy atom. The van der Waals surface area contributed by atoms with E-state index in [1.54, 1.807) is 25.7 Å². The molecule has 1 fully saturated rings. The fourth-order valence-electron chi connectivity index (χ4n) is 2.74. The Balaban J connectivity index is 2.30. The lowest BCUT2D eigenvalue weighted by Gasteiger charge is -2.16. The predicted molar refractivity (Wildman–Crippen MR) is 95.3 cm³/mol. The number of anilines is 1. The molecule has 1 aromatic heterocycles. The minimum atomic E-state index is -0.558. The van der Waals surface area contributed by atoms with Crippen molar-refractivity contribution in [1.82, 2.24) is 4.90 Å². The van der Waals surface area contributed by atoms with Gasteiger partial charge in [0.25, 0.3) is 0 Å². The van der Waals surface area contributed by atoms with Gasteiger partial charge in [0, 0.05) is 13.1 Å². The van der Waals surface area contributed by atoms with Gasteiger partial charge in [0.1, 0.15) is 9.88 Å². The van der Waals surface area contributed by atoms with Gasteiger partial charge in [0.05, 0.1) is 18.8 Å². The van der Waals surface area contributed by atoms with Crippen molar-refractivity contribution in [2.24, 2.45) is 5.92 Å². The first-order chi connectivity index (χ1) is 11.9. The van der Waals surface area contributed by atoms with Crippen molar-refractivity contribution < 1.29 is 23.9 Å². The zero-order valence-electron chi connectivity index (χ0n) is 15.0. The highest BCUT2D eigenvalue weighted by Crippen LogP contribution is 2.34. The van der Waals surface area contributed by atoms with Crippen LogP contribution in [0.15, 0.2) is 0 Å². The van der Waals surface area contributed by atoms with Gasteiger partial charge >= 0.3 is 18.0 Å². The van der Waals surface area contributed by atoms with Crippen LogP contribution in [0.3, 0.4) is 0 Å². The molecule has 0 bridgehead atoms. The van der Waals surface area contributed by atoms with Gasteiger partial charge in [-0.1, -0.05) is 6.92 Å². The van der Waals surface area contributed by atoms with Crippen LogP contribution in [-0.4, -0.2) is 49.2 Å². The Kier molecular flexibility index (Phi) is 6.41. The molecule has 2 rings (SSSR count). The Hall–Kier alpha value is -2.09. The molecule has 1 atom stereocenters. The zero-order valence-corrected chi connectivity index (χ0v) is 15.8. The van der Waals surface area contributed by atoms with Gasteiger partial charge in [0.2, 0.25) is 0 Å². The molecular formula is C17H24N2O5S. The number of nitrogens with zero attached hydrogens (tertiary/aromatic N) is 1. The van der Waals surface area contributed by atoms with Crippen LogP contribution in [0.2, 0.25) is 0 Å². The second-order valence-corrected chi connectivity index (χ2v) is 6.99. The number of ether oxygens (including phenoxy) is 2. The van der Waals surface area contributed by atoms with Crippen LogP contribution in [-0.2, 0) is 9.47 Å². The summed E-state index contributed by atoms with van der Waals surface area (Å²) in [5, 5.41) is 3.09. The summed E-state index contributed by atoms with van der Waals surface area (Å²) in [6.45, 7) is 8.96. The van der Waals surface area contributed by atoms with E-state index in [1.807, 2.05) is 0 Å². The van der Waals surface area contributed by atoms with E-state index in [-0.39, 0.29) is 24.8 Å². The van der Waals surface area contributed by atoms with E-state index in [0.29, 0.717) is 34.4 Å². The molecule has 25 heavy (non-hydrogen) atoms. The maximum atomic E-state index is 12.5. The summed E-state index contributed by atoms with van der Waals surface area (Å²) < 4.78 is 10.1. The topological polar surface area (TPSA) is 84.9 Å². The van der Waals surface area contributed by atoms with E-state index in [0.717, 1.165) is 17.8 Å². The van der Waals surface area contributed by atoms with Crippen LogP contribution in [0, 0.1) is 12.8 Å². The van der Waals surface area contributed by atoms with Crippen molar-refractivity contribution in [3.63, 3.8) is 0 Å². The molecule has 1 aromatic rings. The Bertz CT molecular complexity index is 670. The van der Waals surface area contributed by atoms with E-state index in [9.17, 15) is 14.4 Å². The summed E-state index contributed by atoms with van der Waals surface area (Å²) in [6, 6.07) is -0.272. The number of nitrogens with one attached hydrogen (secondary N) is 1. The lowest BCUT2D eigenvalue weighted by Crippen LogP contribution is -2.33. The molecule has 1 aliphatic rings. The molecule has 0 radical (unpaired) electrons. The van der Waals surface area contributed by atoms with Crippen molar-refractivity contribution >= 4 is 34.3 Å². The number of rotatable bonds is 5. The van der Waals surface area contributed by atoms with Crippen LogP contribution >= 0.6 is 11.3 Å². The normalized spacial score (nSPS) is 16.6. The fourth-order valence-corrected chi connectivity index (χ4v) is 3.82. The molecule has 0 aromatic carbocycles. The highest BCUT2D eigenvalue weighted by atomic mass is 32.1. The molecule has 138 valence electrons. The minimum absolute atomic E-state index is 0.208. The number of hydrogen-bond donors (Lipinski definition) is 1. The Morgan fingerprint density at radius 2 is 1.84 bits per heavy atom. The van der Waals surface area contributed by atoms with E-state index in [2.05, 4.69) is 12.2 Å². The lowest BCUT2D eigenvalue weighted by molar-refractivity contribution is 0.0527. The first kappa shape index (κ1) is 19.2. The molecule has 0 aliphatic carbocycles. The number of thiophene rings is 1. The minimum Gasteiger partial charge on any atom is -0.462 e. The fraction of sp³-hybridized carbons (Fsp3) is 0.588.